The third kappa shape index (κ3) is 5.00. The SMILES string of the molecule is CCOC(=O)c1c(NC(=O)c2ccccc2NS(=O)(=O)c2ccc(C)cc2)sc2c1CCCC2. The number of anilines is 2. The summed E-state index contributed by atoms with van der Waals surface area (Å²) in [6.07, 6.45) is 3.64. The van der Waals surface area contributed by atoms with Gasteiger partial charge in [0.2, 0.25) is 0 Å². The van der Waals surface area contributed by atoms with Crippen molar-refractivity contribution in [2.45, 2.75) is 44.4 Å². The molecule has 1 aliphatic carbocycles. The Morgan fingerprint density at radius 2 is 1.74 bits per heavy atom. The fourth-order valence-electron chi connectivity index (χ4n) is 3.93. The number of para-hydroxylation sites is 1. The van der Waals surface area contributed by atoms with Gasteiger partial charge in [0, 0.05) is 4.88 Å². The lowest BCUT2D eigenvalue weighted by atomic mass is 9.95. The van der Waals surface area contributed by atoms with Crippen LogP contribution in [0.2, 0.25) is 0 Å². The lowest BCUT2D eigenvalue weighted by molar-refractivity contribution is 0.0526. The number of nitrogens with one attached hydrogen (secondary N) is 2. The number of amides is 1. The van der Waals surface area contributed by atoms with Crippen molar-refractivity contribution >= 4 is 43.9 Å². The van der Waals surface area contributed by atoms with Gasteiger partial charge in [-0.2, -0.15) is 0 Å². The van der Waals surface area contributed by atoms with E-state index in [0.717, 1.165) is 41.7 Å². The van der Waals surface area contributed by atoms with E-state index in [0.29, 0.717) is 10.6 Å². The number of hydrogen-bond acceptors (Lipinski definition) is 6. The Balaban J connectivity index is 1.64. The second-order valence-electron chi connectivity index (χ2n) is 8.05. The summed E-state index contributed by atoms with van der Waals surface area (Å²) in [6.45, 7) is 3.85. The van der Waals surface area contributed by atoms with Gasteiger partial charge in [-0.25, -0.2) is 13.2 Å². The normalized spacial score (nSPS) is 13.1. The summed E-state index contributed by atoms with van der Waals surface area (Å²) in [5.41, 5.74) is 2.60. The molecule has 1 aromatic heterocycles. The summed E-state index contributed by atoms with van der Waals surface area (Å²) < 4.78 is 33.6. The van der Waals surface area contributed by atoms with Crippen LogP contribution in [0, 0.1) is 6.92 Å². The molecule has 0 radical (unpaired) electrons. The molecule has 0 atom stereocenters. The van der Waals surface area contributed by atoms with Crippen molar-refractivity contribution in [1.29, 1.82) is 0 Å². The number of fused-ring (bicyclic) bond motifs is 1. The fraction of sp³-hybridized carbons (Fsp3) is 0.280. The molecular weight excluding hydrogens is 472 g/mol. The Morgan fingerprint density at radius 3 is 2.47 bits per heavy atom. The first kappa shape index (κ1) is 24.0. The minimum absolute atomic E-state index is 0.101. The molecule has 178 valence electrons. The highest BCUT2D eigenvalue weighted by molar-refractivity contribution is 7.92. The zero-order chi connectivity index (χ0) is 24.3. The Morgan fingerprint density at radius 1 is 1.03 bits per heavy atom. The van der Waals surface area contributed by atoms with Gasteiger partial charge < -0.3 is 10.1 Å². The van der Waals surface area contributed by atoms with E-state index in [1.165, 1.54) is 29.5 Å². The maximum atomic E-state index is 13.3. The minimum Gasteiger partial charge on any atom is -0.462 e. The van der Waals surface area contributed by atoms with Crippen LogP contribution in [0.15, 0.2) is 53.4 Å². The molecule has 9 heteroatoms. The van der Waals surface area contributed by atoms with E-state index in [9.17, 15) is 18.0 Å². The van der Waals surface area contributed by atoms with E-state index in [4.69, 9.17) is 4.74 Å². The van der Waals surface area contributed by atoms with Crippen LogP contribution in [0.3, 0.4) is 0 Å². The fourth-order valence-corrected chi connectivity index (χ4v) is 6.29. The average molecular weight is 499 g/mol. The molecule has 34 heavy (non-hydrogen) atoms. The summed E-state index contributed by atoms with van der Waals surface area (Å²) >= 11 is 1.38. The van der Waals surface area contributed by atoms with Gasteiger partial charge >= 0.3 is 5.97 Å². The molecule has 3 aromatic rings. The molecule has 0 saturated carbocycles. The highest BCUT2D eigenvalue weighted by atomic mass is 32.2. The average Bonchev–Trinajstić information content (AvgIpc) is 3.17. The van der Waals surface area contributed by atoms with Crippen LogP contribution in [0.25, 0.3) is 0 Å². The number of hydrogen-bond donors (Lipinski definition) is 2. The molecule has 1 amide bonds. The first-order valence-electron chi connectivity index (χ1n) is 11.1. The Bertz CT molecular complexity index is 1330. The molecule has 0 saturated heterocycles. The number of thiophene rings is 1. The molecule has 0 aliphatic heterocycles. The molecular formula is C25H26N2O5S2. The van der Waals surface area contributed by atoms with E-state index in [-0.39, 0.29) is 22.8 Å². The second kappa shape index (κ2) is 9.99. The van der Waals surface area contributed by atoms with Crippen molar-refractivity contribution < 1.29 is 22.7 Å². The molecule has 1 aliphatic rings. The highest BCUT2D eigenvalue weighted by Crippen LogP contribution is 2.39. The first-order chi connectivity index (χ1) is 16.3. The van der Waals surface area contributed by atoms with Gasteiger partial charge in [0.15, 0.2) is 0 Å². The predicted molar refractivity (Wildman–Crippen MR) is 133 cm³/mol. The molecule has 0 spiro atoms. The van der Waals surface area contributed by atoms with Gasteiger partial charge in [-0.3, -0.25) is 9.52 Å². The van der Waals surface area contributed by atoms with Crippen molar-refractivity contribution in [3.05, 3.63) is 75.7 Å². The molecule has 2 N–H and O–H groups in total. The number of aryl methyl sites for hydroxylation is 2. The summed E-state index contributed by atoms with van der Waals surface area (Å²) in [5, 5.41) is 3.28. The van der Waals surface area contributed by atoms with Gasteiger partial charge in [-0.05, 0) is 69.4 Å². The number of ether oxygens (including phenoxy) is 1. The maximum absolute atomic E-state index is 13.3. The molecule has 4 rings (SSSR count). The van der Waals surface area contributed by atoms with Crippen LogP contribution in [-0.4, -0.2) is 26.9 Å². The highest BCUT2D eigenvalue weighted by Gasteiger charge is 2.28. The topological polar surface area (TPSA) is 102 Å². The number of sulfonamides is 1. The van der Waals surface area contributed by atoms with Crippen LogP contribution < -0.4 is 10.0 Å². The summed E-state index contributed by atoms with van der Waals surface area (Å²) in [6, 6.07) is 12.8. The van der Waals surface area contributed by atoms with Crippen LogP contribution in [0.5, 0.6) is 0 Å². The van der Waals surface area contributed by atoms with E-state index in [1.807, 2.05) is 6.92 Å². The molecule has 7 nitrogen and oxygen atoms in total. The molecule has 0 fully saturated rings. The van der Waals surface area contributed by atoms with E-state index >= 15 is 0 Å². The van der Waals surface area contributed by atoms with Crippen molar-refractivity contribution in [3.8, 4) is 0 Å². The van der Waals surface area contributed by atoms with E-state index < -0.39 is 21.9 Å². The van der Waals surface area contributed by atoms with Gasteiger partial charge in [0.05, 0.1) is 28.3 Å². The largest absolute Gasteiger partial charge is 0.462 e. The number of carbonyl (C=O) groups excluding carboxylic acids is 2. The van der Waals surface area contributed by atoms with Gasteiger partial charge in [0.1, 0.15) is 5.00 Å². The zero-order valence-corrected chi connectivity index (χ0v) is 20.6. The number of esters is 1. The van der Waals surface area contributed by atoms with Crippen molar-refractivity contribution in [2.75, 3.05) is 16.6 Å². The molecule has 0 bridgehead atoms. The van der Waals surface area contributed by atoms with E-state index in [1.54, 1.807) is 37.3 Å². The van der Waals surface area contributed by atoms with Crippen molar-refractivity contribution in [3.63, 3.8) is 0 Å². The summed E-state index contributed by atoms with van der Waals surface area (Å²) in [4.78, 5) is 27.1. The summed E-state index contributed by atoms with van der Waals surface area (Å²) in [7, 11) is -3.89. The lowest BCUT2D eigenvalue weighted by Gasteiger charge is -2.14. The van der Waals surface area contributed by atoms with Crippen LogP contribution in [0.4, 0.5) is 10.7 Å². The quantitative estimate of drug-likeness (QED) is 0.438. The summed E-state index contributed by atoms with van der Waals surface area (Å²) in [5.74, 6) is -0.961. The van der Waals surface area contributed by atoms with Gasteiger partial charge in [-0.15, -0.1) is 11.3 Å². The monoisotopic (exact) mass is 498 g/mol. The van der Waals surface area contributed by atoms with Crippen LogP contribution in [0.1, 0.15) is 56.5 Å². The third-order valence-electron chi connectivity index (χ3n) is 5.63. The van der Waals surface area contributed by atoms with Crippen LogP contribution in [-0.2, 0) is 27.6 Å². The third-order valence-corrected chi connectivity index (χ3v) is 8.21. The predicted octanol–water partition coefficient (Wildman–Crippen LogP) is 5.17. The minimum atomic E-state index is -3.89. The number of carbonyl (C=O) groups is 2. The second-order valence-corrected chi connectivity index (χ2v) is 10.8. The van der Waals surface area contributed by atoms with Crippen molar-refractivity contribution in [2.24, 2.45) is 0 Å². The Hall–Kier alpha value is -3.17. The number of benzene rings is 2. The molecule has 0 unspecified atom stereocenters. The Labute approximate surface area is 203 Å². The first-order valence-corrected chi connectivity index (χ1v) is 13.4. The van der Waals surface area contributed by atoms with Gasteiger partial charge in [0.25, 0.3) is 15.9 Å². The standard InChI is InChI=1S/C25H26N2O5S2/c1-3-32-25(29)22-19-9-5-7-11-21(19)33-24(22)26-23(28)18-8-4-6-10-20(18)27-34(30,31)17-14-12-16(2)13-15-17/h4,6,8,10,12-15,27H,3,5,7,9,11H2,1-2H3,(H,26,28). The Kier molecular flexibility index (Phi) is 7.04. The van der Waals surface area contributed by atoms with E-state index in [2.05, 4.69) is 10.0 Å². The smallest absolute Gasteiger partial charge is 0.341 e. The van der Waals surface area contributed by atoms with Crippen molar-refractivity contribution in [1.82, 2.24) is 0 Å². The lowest BCUT2D eigenvalue weighted by Crippen LogP contribution is -2.19. The van der Waals surface area contributed by atoms with Crippen LogP contribution >= 0.6 is 11.3 Å². The zero-order valence-electron chi connectivity index (χ0n) is 19.0. The molecule has 2 aromatic carbocycles. The maximum Gasteiger partial charge on any atom is 0.341 e. The van der Waals surface area contributed by atoms with Gasteiger partial charge in [-0.1, -0.05) is 29.8 Å². The number of rotatable bonds is 7. The molecule has 1 heterocycles.